The van der Waals surface area contributed by atoms with Crippen LogP contribution in [0.5, 0.6) is 5.75 Å². The summed E-state index contributed by atoms with van der Waals surface area (Å²) in [5, 5.41) is 2.91. The topological polar surface area (TPSA) is 79.0 Å². The fourth-order valence-corrected chi connectivity index (χ4v) is 3.73. The number of fused-ring (bicyclic) bond motifs is 1. The lowest BCUT2D eigenvalue weighted by Crippen LogP contribution is -2.32. The van der Waals surface area contributed by atoms with E-state index in [1.54, 1.807) is 24.3 Å². The van der Waals surface area contributed by atoms with Gasteiger partial charge in [0.15, 0.2) is 6.61 Å². The minimum Gasteiger partial charge on any atom is -0.484 e. The van der Waals surface area contributed by atoms with Crippen LogP contribution in [-0.2, 0) is 15.0 Å². The number of halogens is 2. The highest BCUT2D eigenvalue weighted by Gasteiger charge is 2.36. The van der Waals surface area contributed by atoms with Crippen LogP contribution in [-0.4, -0.2) is 35.0 Å². The van der Waals surface area contributed by atoms with Crippen LogP contribution in [0, 0.1) is 5.82 Å². The minimum atomic E-state index is -3.72. The van der Waals surface area contributed by atoms with Crippen molar-refractivity contribution in [3.05, 3.63) is 47.2 Å². The number of benzene rings is 2. The fraction of sp³-hybridized carbons (Fsp3) is 0.188. The van der Waals surface area contributed by atoms with Gasteiger partial charge in [-0.05, 0) is 30.3 Å². The largest absolute Gasteiger partial charge is 0.484 e. The van der Waals surface area contributed by atoms with Crippen molar-refractivity contribution in [1.82, 2.24) is 0 Å². The third kappa shape index (κ3) is 3.27. The van der Waals surface area contributed by atoms with Gasteiger partial charge in [-0.25, -0.2) is 4.39 Å². The molecule has 1 amide bonds. The Balaban J connectivity index is 1.74. The lowest BCUT2D eigenvalue weighted by molar-refractivity contribution is -0.118. The SMILES string of the molecule is CN1c2cc(F)c(NC(=O)COc3ccc(Cl)cc3)cc2N(C)S1(=O)=O. The molecular formula is C16H15ClFN3O4S. The molecule has 7 nitrogen and oxygen atoms in total. The normalized spacial score (nSPS) is 14.9. The van der Waals surface area contributed by atoms with Gasteiger partial charge >= 0.3 is 10.2 Å². The van der Waals surface area contributed by atoms with Crippen molar-refractivity contribution in [1.29, 1.82) is 0 Å². The van der Waals surface area contributed by atoms with Crippen LogP contribution in [0.1, 0.15) is 0 Å². The van der Waals surface area contributed by atoms with Gasteiger partial charge in [0, 0.05) is 25.2 Å². The number of hydrogen-bond donors (Lipinski definition) is 1. The molecule has 0 saturated carbocycles. The summed E-state index contributed by atoms with van der Waals surface area (Å²) < 4.78 is 45.7. The summed E-state index contributed by atoms with van der Waals surface area (Å²) in [6, 6.07) is 8.75. The lowest BCUT2D eigenvalue weighted by atomic mass is 10.2. The van der Waals surface area contributed by atoms with E-state index < -0.39 is 21.9 Å². The van der Waals surface area contributed by atoms with E-state index in [1.165, 1.54) is 20.2 Å². The van der Waals surface area contributed by atoms with Crippen LogP contribution in [0.2, 0.25) is 5.02 Å². The zero-order chi connectivity index (χ0) is 19.1. The number of carbonyl (C=O) groups excluding carboxylic acids is 1. The molecule has 0 bridgehead atoms. The monoisotopic (exact) mass is 399 g/mol. The highest BCUT2D eigenvalue weighted by Crippen LogP contribution is 2.41. The van der Waals surface area contributed by atoms with Crippen molar-refractivity contribution in [2.24, 2.45) is 0 Å². The summed E-state index contributed by atoms with van der Waals surface area (Å²) in [5.41, 5.74) is 0.328. The highest BCUT2D eigenvalue weighted by atomic mass is 35.5. The van der Waals surface area contributed by atoms with Crippen molar-refractivity contribution in [2.75, 3.05) is 34.6 Å². The standard InChI is InChI=1S/C16H15ClFN3O4S/c1-20-14-7-12(18)13(8-15(14)21(2)26(20,23)24)19-16(22)9-25-11-5-3-10(17)4-6-11/h3-8H,9H2,1-2H3,(H,19,22). The highest BCUT2D eigenvalue weighted by molar-refractivity contribution is 7.94. The van der Waals surface area contributed by atoms with Crippen LogP contribution < -0.4 is 18.7 Å². The summed E-state index contributed by atoms with van der Waals surface area (Å²) in [5.74, 6) is -0.900. The summed E-state index contributed by atoms with van der Waals surface area (Å²) in [6.07, 6.45) is 0. The van der Waals surface area contributed by atoms with Gasteiger partial charge in [0.1, 0.15) is 11.6 Å². The van der Waals surface area contributed by atoms with E-state index >= 15 is 0 Å². The van der Waals surface area contributed by atoms with Crippen LogP contribution in [0.15, 0.2) is 36.4 Å². The Morgan fingerprint density at radius 2 is 1.73 bits per heavy atom. The second-order valence-electron chi connectivity index (χ2n) is 5.55. The quantitative estimate of drug-likeness (QED) is 0.857. The van der Waals surface area contributed by atoms with Gasteiger partial charge in [-0.3, -0.25) is 13.4 Å². The maximum absolute atomic E-state index is 14.3. The Morgan fingerprint density at radius 3 is 2.35 bits per heavy atom. The van der Waals surface area contributed by atoms with Gasteiger partial charge in [-0.2, -0.15) is 8.42 Å². The molecule has 0 fully saturated rings. The van der Waals surface area contributed by atoms with E-state index in [-0.39, 0.29) is 23.7 Å². The van der Waals surface area contributed by atoms with Crippen LogP contribution in [0.25, 0.3) is 0 Å². The predicted molar refractivity (Wildman–Crippen MR) is 97.7 cm³/mol. The van der Waals surface area contributed by atoms with Crippen LogP contribution in [0.4, 0.5) is 21.5 Å². The van der Waals surface area contributed by atoms with Crippen molar-refractivity contribution in [3.63, 3.8) is 0 Å². The maximum atomic E-state index is 14.3. The fourth-order valence-electron chi connectivity index (χ4n) is 2.45. The first-order valence-corrected chi connectivity index (χ1v) is 9.22. The summed E-state index contributed by atoms with van der Waals surface area (Å²) in [6.45, 7) is -0.341. The summed E-state index contributed by atoms with van der Waals surface area (Å²) >= 11 is 5.76. The van der Waals surface area contributed by atoms with Gasteiger partial charge in [-0.1, -0.05) is 11.6 Å². The zero-order valence-corrected chi connectivity index (χ0v) is 15.4. The molecule has 138 valence electrons. The number of anilines is 3. The van der Waals surface area contributed by atoms with E-state index in [1.807, 2.05) is 0 Å². The second-order valence-corrected chi connectivity index (χ2v) is 7.98. The first-order valence-electron chi connectivity index (χ1n) is 7.44. The molecule has 0 atom stereocenters. The first kappa shape index (κ1) is 18.3. The molecule has 0 radical (unpaired) electrons. The Morgan fingerprint density at radius 1 is 1.15 bits per heavy atom. The van der Waals surface area contributed by atoms with Gasteiger partial charge in [0.25, 0.3) is 5.91 Å². The zero-order valence-electron chi connectivity index (χ0n) is 13.9. The third-order valence-corrected chi connectivity index (χ3v) is 5.92. The Hall–Kier alpha value is -2.52. The molecule has 2 aromatic rings. The lowest BCUT2D eigenvalue weighted by Gasteiger charge is -2.13. The molecular weight excluding hydrogens is 385 g/mol. The summed E-state index contributed by atoms with van der Waals surface area (Å²) in [7, 11) is -1.04. The molecule has 0 spiro atoms. The minimum absolute atomic E-state index is 0.134. The molecule has 0 unspecified atom stereocenters. The van der Waals surface area contributed by atoms with E-state index in [0.717, 1.165) is 14.7 Å². The van der Waals surface area contributed by atoms with Gasteiger partial charge in [0.05, 0.1) is 17.1 Å². The number of nitrogens with one attached hydrogen (secondary N) is 1. The number of rotatable bonds is 4. The van der Waals surface area contributed by atoms with Gasteiger partial charge in [0.2, 0.25) is 0 Å². The van der Waals surface area contributed by atoms with Crippen LogP contribution >= 0.6 is 11.6 Å². The van der Waals surface area contributed by atoms with E-state index in [0.29, 0.717) is 10.8 Å². The Bertz CT molecular complexity index is 966. The molecule has 0 aliphatic carbocycles. The predicted octanol–water partition coefficient (Wildman–Crippen LogP) is 2.63. The number of carbonyl (C=O) groups is 1. The number of hydrogen-bond acceptors (Lipinski definition) is 4. The molecule has 1 N–H and O–H groups in total. The molecule has 3 rings (SSSR count). The van der Waals surface area contributed by atoms with Crippen molar-refractivity contribution in [3.8, 4) is 5.75 Å². The van der Waals surface area contributed by atoms with Crippen molar-refractivity contribution < 1.29 is 22.3 Å². The molecule has 1 heterocycles. The number of amides is 1. The number of nitrogens with zero attached hydrogens (tertiary/aromatic N) is 2. The number of ether oxygens (including phenoxy) is 1. The first-order chi connectivity index (χ1) is 12.2. The third-order valence-electron chi connectivity index (χ3n) is 3.89. The molecule has 2 aromatic carbocycles. The van der Waals surface area contributed by atoms with E-state index in [9.17, 15) is 17.6 Å². The molecule has 0 aromatic heterocycles. The van der Waals surface area contributed by atoms with E-state index in [4.69, 9.17) is 16.3 Å². The molecule has 0 saturated heterocycles. The second kappa shape index (κ2) is 6.65. The van der Waals surface area contributed by atoms with E-state index in [2.05, 4.69) is 5.32 Å². The Labute approximate surface area is 155 Å². The summed E-state index contributed by atoms with van der Waals surface area (Å²) in [4.78, 5) is 12.0. The average Bonchev–Trinajstić information content (AvgIpc) is 2.76. The molecule has 10 heteroatoms. The maximum Gasteiger partial charge on any atom is 0.326 e. The van der Waals surface area contributed by atoms with Crippen molar-refractivity contribution in [2.45, 2.75) is 0 Å². The average molecular weight is 400 g/mol. The Kier molecular flexibility index (Phi) is 4.68. The van der Waals surface area contributed by atoms with Gasteiger partial charge < -0.3 is 10.1 Å². The van der Waals surface area contributed by atoms with Crippen LogP contribution in [0.3, 0.4) is 0 Å². The smallest absolute Gasteiger partial charge is 0.326 e. The van der Waals surface area contributed by atoms with Crippen molar-refractivity contribution >= 4 is 44.8 Å². The molecule has 1 aliphatic heterocycles. The van der Waals surface area contributed by atoms with Gasteiger partial charge in [-0.15, -0.1) is 0 Å². The molecule has 26 heavy (non-hydrogen) atoms. The molecule has 1 aliphatic rings.